The molecule has 1 aromatic heterocycles. The summed E-state index contributed by atoms with van der Waals surface area (Å²) in [4.78, 5) is 6.55. The average Bonchev–Trinajstić information content (AvgIpc) is 2.32. The van der Waals surface area contributed by atoms with Crippen molar-refractivity contribution in [1.29, 1.82) is 0 Å². The van der Waals surface area contributed by atoms with Crippen molar-refractivity contribution in [1.82, 2.24) is 15.2 Å². The quantitative estimate of drug-likeness (QED) is 0.896. The third-order valence-electron chi connectivity index (χ3n) is 3.43. The van der Waals surface area contributed by atoms with E-state index in [1.54, 1.807) is 6.20 Å². The number of aromatic nitrogens is 1. The van der Waals surface area contributed by atoms with Gasteiger partial charge in [0.05, 0.1) is 5.02 Å². The highest BCUT2D eigenvalue weighted by Crippen LogP contribution is 2.19. The van der Waals surface area contributed by atoms with Crippen molar-refractivity contribution in [3.63, 3.8) is 0 Å². The molecule has 4 heteroatoms. The fraction of sp³-hybridized carbons (Fsp3) is 0.615. The fourth-order valence-corrected chi connectivity index (χ4v) is 2.56. The van der Waals surface area contributed by atoms with Crippen LogP contribution in [-0.4, -0.2) is 35.1 Å². The van der Waals surface area contributed by atoms with Crippen LogP contribution < -0.4 is 5.32 Å². The second kappa shape index (κ2) is 5.80. The van der Waals surface area contributed by atoms with Crippen molar-refractivity contribution in [2.24, 2.45) is 0 Å². The number of hydrogen-bond acceptors (Lipinski definition) is 3. The van der Waals surface area contributed by atoms with Crippen LogP contribution in [0.4, 0.5) is 0 Å². The monoisotopic (exact) mass is 253 g/mol. The van der Waals surface area contributed by atoms with Crippen LogP contribution in [0.1, 0.15) is 25.8 Å². The minimum atomic E-state index is 0.554. The Morgan fingerprint density at radius 1 is 1.59 bits per heavy atom. The molecule has 0 saturated carbocycles. The number of piperazine rings is 1. The molecule has 3 nitrogen and oxygen atoms in total. The average molecular weight is 254 g/mol. The minimum absolute atomic E-state index is 0.554. The first kappa shape index (κ1) is 12.8. The van der Waals surface area contributed by atoms with Crippen molar-refractivity contribution < 1.29 is 0 Å². The fourth-order valence-electron chi connectivity index (χ4n) is 2.38. The van der Waals surface area contributed by atoms with Gasteiger partial charge in [0.25, 0.3) is 0 Å². The summed E-state index contributed by atoms with van der Waals surface area (Å²) < 4.78 is 0. The number of nitrogens with one attached hydrogen (secondary N) is 1. The van der Waals surface area contributed by atoms with Gasteiger partial charge in [0.2, 0.25) is 0 Å². The summed E-state index contributed by atoms with van der Waals surface area (Å²) in [6, 6.07) is 3.18. The van der Waals surface area contributed by atoms with Gasteiger partial charge < -0.3 is 5.32 Å². The first-order valence-corrected chi connectivity index (χ1v) is 6.64. The van der Waals surface area contributed by atoms with Crippen molar-refractivity contribution in [3.05, 3.63) is 29.0 Å². The molecule has 0 spiro atoms. The van der Waals surface area contributed by atoms with Crippen LogP contribution in [0.5, 0.6) is 0 Å². The van der Waals surface area contributed by atoms with Crippen molar-refractivity contribution in [3.8, 4) is 0 Å². The van der Waals surface area contributed by atoms with Crippen LogP contribution in [0.3, 0.4) is 0 Å². The van der Waals surface area contributed by atoms with Crippen LogP contribution in [0.15, 0.2) is 18.5 Å². The van der Waals surface area contributed by atoms with E-state index in [2.05, 4.69) is 29.0 Å². The molecule has 1 aliphatic rings. The maximum Gasteiger partial charge on any atom is 0.0634 e. The molecule has 1 fully saturated rings. The third kappa shape index (κ3) is 3.18. The van der Waals surface area contributed by atoms with Crippen LogP contribution in [-0.2, 0) is 6.54 Å². The molecule has 94 valence electrons. The van der Waals surface area contributed by atoms with Crippen molar-refractivity contribution in [2.45, 2.75) is 38.9 Å². The molecule has 0 bridgehead atoms. The predicted molar refractivity (Wildman–Crippen MR) is 71.2 cm³/mol. The first-order chi connectivity index (χ1) is 8.20. The topological polar surface area (TPSA) is 28.2 Å². The molecule has 1 aliphatic heterocycles. The van der Waals surface area contributed by atoms with Gasteiger partial charge in [-0.15, -0.1) is 0 Å². The molecule has 2 heterocycles. The van der Waals surface area contributed by atoms with E-state index in [9.17, 15) is 0 Å². The number of rotatable bonds is 3. The summed E-state index contributed by atoms with van der Waals surface area (Å²) >= 11 is 6.17. The molecule has 1 saturated heterocycles. The molecule has 2 atom stereocenters. The second-order valence-electron chi connectivity index (χ2n) is 4.77. The molecular weight excluding hydrogens is 234 g/mol. The highest BCUT2D eigenvalue weighted by molar-refractivity contribution is 6.31. The highest BCUT2D eigenvalue weighted by atomic mass is 35.5. The molecule has 1 aromatic rings. The van der Waals surface area contributed by atoms with Gasteiger partial charge in [0.15, 0.2) is 0 Å². The van der Waals surface area contributed by atoms with Crippen LogP contribution in [0.25, 0.3) is 0 Å². The molecule has 2 unspecified atom stereocenters. The normalized spacial score (nSPS) is 26.1. The summed E-state index contributed by atoms with van der Waals surface area (Å²) in [7, 11) is 0. The largest absolute Gasteiger partial charge is 0.311 e. The molecule has 0 aliphatic carbocycles. The van der Waals surface area contributed by atoms with Gasteiger partial charge >= 0.3 is 0 Å². The zero-order valence-electron chi connectivity index (χ0n) is 10.5. The van der Waals surface area contributed by atoms with Gasteiger partial charge in [-0.1, -0.05) is 18.5 Å². The van der Waals surface area contributed by atoms with Crippen molar-refractivity contribution in [2.75, 3.05) is 13.1 Å². The van der Waals surface area contributed by atoms with Crippen LogP contribution in [0, 0.1) is 0 Å². The second-order valence-corrected chi connectivity index (χ2v) is 5.18. The number of pyridine rings is 1. The lowest BCUT2D eigenvalue weighted by Crippen LogP contribution is -2.54. The standard InChI is InChI=1S/C13H20ClN3/c1-3-12-6-16-10(2)8-17(12)9-11-4-5-15-7-13(11)14/h4-5,7,10,12,16H,3,6,8-9H2,1-2H3. The molecule has 0 radical (unpaired) electrons. The van der Waals surface area contributed by atoms with E-state index in [-0.39, 0.29) is 0 Å². The van der Waals surface area contributed by atoms with Gasteiger partial charge in [0.1, 0.15) is 0 Å². The Balaban J connectivity index is 2.07. The SMILES string of the molecule is CCC1CNC(C)CN1Cc1ccncc1Cl. The maximum atomic E-state index is 6.17. The van der Waals surface area contributed by atoms with E-state index in [1.165, 1.54) is 12.0 Å². The molecule has 17 heavy (non-hydrogen) atoms. The molecule has 2 rings (SSSR count). The van der Waals surface area contributed by atoms with E-state index in [0.717, 1.165) is 24.7 Å². The first-order valence-electron chi connectivity index (χ1n) is 6.26. The number of halogens is 1. The van der Waals surface area contributed by atoms with Gasteiger partial charge in [-0.3, -0.25) is 9.88 Å². The Hall–Kier alpha value is -0.640. The third-order valence-corrected chi connectivity index (χ3v) is 3.77. The van der Waals surface area contributed by atoms with Gasteiger partial charge in [-0.05, 0) is 25.0 Å². The van der Waals surface area contributed by atoms with E-state index < -0.39 is 0 Å². The summed E-state index contributed by atoms with van der Waals surface area (Å²) in [6.45, 7) is 7.54. The zero-order valence-corrected chi connectivity index (χ0v) is 11.2. The lowest BCUT2D eigenvalue weighted by molar-refractivity contribution is 0.124. The highest BCUT2D eigenvalue weighted by Gasteiger charge is 2.24. The minimum Gasteiger partial charge on any atom is -0.311 e. The predicted octanol–water partition coefficient (Wildman–Crippen LogP) is 2.31. The molecule has 0 amide bonds. The maximum absolute atomic E-state index is 6.17. The molecule has 1 N–H and O–H groups in total. The van der Waals surface area contributed by atoms with Gasteiger partial charge in [0, 0.05) is 44.1 Å². The smallest absolute Gasteiger partial charge is 0.0634 e. The van der Waals surface area contributed by atoms with E-state index >= 15 is 0 Å². The van der Waals surface area contributed by atoms with Gasteiger partial charge in [-0.25, -0.2) is 0 Å². The zero-order chi connectivity index (χ0) is 12.3. The summed E-state index contributed by atoms with van der Waals surface area (Å²) in [6.07, 6.45) is 4.71. The lowest BCUT2D eigenvalue weighted by Gasteiger charge is -2.39. The molecule has 0 aromatic carbocycles. The summed E-state index contributed by atoms with van der Waals surface area (Å²) in [5.74, 6) is 0. The van der Waals surface area contributed by atoms with Crippen LogP contribution >= 0.6 is 11.6 Å². The Labute approximate surface area is 108 Å². The van der Waals surface area contributed by atoms with E-state index in [4.69, 9.17) is 11.6 Å². The Morgan fingerprint density at radius 3 is 3.12 bits per heavy atom. The molecular formula is C13H20ClN3. The number of nitrogens with zero attached hydrogens (tertiary/aromatic N) is 2. The Morgan fingerprint density at radius 2 is 2.41 bits per heavy atom. The Kier molecular flexibility index (Phi) is 4.37. The number of hydrogen-bond donors (Lipinski definition) is 1. The van der Waals surface area contributed by atoms with Crippen molar-refractivity contribution >= 4 is 11.6 Å². The van der Waals surface area contributed by atoms with Gasteiger partial charge in [-0.2, -0.15) is 0 Å². The summed E-state index contributed by atoms with van der Waals surface area (Å²) in [5.41, 5.74) is 1.18. The summed E-state index contributed by atoms with van der Waals surface area (Å²) in [5, 5.41) is 4.30. The van der Waals surface area contributed by atoms with E-state index in [0.29, 0.717) is 12.1 Å². The van der Waals surface area contributed by atoms with Crippen LogP contribution in [0.2, 0.25) is 5.02 Å². The van der Waals surface area contributed by atoms with E-state index in [1.807, 2.05) is 12.3 Å². The lowest BCUT2D eigenvalue weighted by atomic mass is 10.1. The Bertz CT molecular complexity index is 369.